The molecule has 2 aromatic rings. The first-order chi connectivity index (χ1) is 17.1. The first kappa shape index (κ1) is 22.5. The summed E-state index contributed by atoms with van der Waals surface area (Å²) in [5, 5.41) is 44.4. The molecule has 3 saturated carbocycles. The fraction of sp³-hybridized carbons (Fsp3) is 0.536. The Labute approximate surface area is 209 Å². The molecule has 2 saturated heterocycles. The van der Waals surface area contributed by atoms with E-state index in [1.165, 1.54) is 0 Å². The van der Waals surface area contributed by atoms with E-state index in [-0.39, 0.29) is 12.4 Å². The van der Waals surface area contributed by atoms with Crippen LogP contribution in [0.2, 0.25) is 0 Å². The first-order valence-electron chi connectivity index (χ1n) is 12.7. The summed E-state index contributed by atoms with van der Waals surface area (Å²) in [7, 11) is 0. The van der Waals surface area contributed by atoms with Crippen LogP contribution >= 0.6 is 0 Å². The first-order valence-corrected chi connectivity index (χ1v) is 12.7. The van der Waals surface area contributed by atoms with E-state index in [1.54, 1.807) is 4.68 Å². The van der Waals surface area contributed by atoms with Crippen LogP contribution in [0.1, 0.15) is 32.7 Å². The smallest absolute Gasteiger partial charge is 0.208 e. The van der Waals surface area contributed by atoms with Crippen molar-refractivity contribution < 1.29 is 24.9 Å². The van der Waals surface area contributed by atoms with Gasteiger partial charge in [-0.3, -0.25) is 4.79 Å². The van der Waals surface area contributed by atoms with E-state index in [9.17, 15) is 20.1 Å². The lowest BCUT2D eigenvalue weighted by molar-refractivity contribution is -0.447. The Morgan fingerprint density at radius 3 is 2.64 bits per heavy atom. The van der Waals surface area contributed by atoms with Gasteiger partial charge in [0.2, 0.25) is 5.79 Å². The van der Waals surface area contributed by atoms with Crippen molar-refractivity contribution in [3.63, 3.8) is 0 Å². The van der Waals surface area contributed by atoms with Crippen molar-refractivity contribution in [3.8, 4) is 11.3 Å². The van der Waals surface area contributed by atoms with E-state index in [1.807, 2.05) is 50.4 Å². The Kier molecular flexibility index (Phi) is 4.26. The number of aliphatic hydroxyl groups excluding tert-OH is 2. The van der Waals surface area contributed by atoms with Crippen molar-refractivity contribution in [2.24, 2.45) is 34.0 Å². The van der Waals surface area contributed by atoms with Crippen LogP contribution in [0.4, 0.5) is 0 Å². The van der Waals surface area contributed by atoms with Crippen molar-refractivity contribution in [2.45, 2.75) is 50.7 Å². The molecule has 0 amide bonds. The number of fused-ring (bicyclic) bond motifs is 2. The van der Waals surface area contributed by atoms with E-state index in [0.29, 0.717) is 18.4 Å². The van der Waals surface area contributed by atoms with Gasteiger partial charge in [0, 0.05) is 22.8 Å². The lowest BCUT2D eigenvalue weighted by Crippen LogP contribution is -2.84. The lowest BCUT2D eigenvalue weighted by Gasteiger charge is -2.74. The average Bonchev–Trinajstić information content (AvgIpc) is 3.37. The van der Waals surface area contributed by atoms with Gasteiger partial charge in [-0.05, 0) is 29.7 Å². The highest BCUT2D eigenvalue weighted by atomic mass is 16.6. The SMILES string of the molecule is C=C1C(=O)[C@]23[C@H](O)[C@H]1CC[C@H]2[C@@]12CO[C@@]3(O)[C@@H](O)[C@@H]1C(C)(C)C=C[C@@H]2n1cc(-c2ccccc2)nn1. The van der Waals surface area contributed by atoms with E-state index in [4.69, 9.17) is 4.74 Å². The molecule has 1 aromatic carbocycles. The second-order valence-electron chi connectivity index (χ2n) is 12.0. The molecule has 8 heteroatoms. The Bertz CT molecular complexity index is 1320. The number of benzene rings is 1. The normalized spacial score (nSPS) is 46.0. The van der Waals surface area contributed by atoms with Crippen LogP contribution in [-0.4, -0.2) is 60.7 Å². The highest BCUT2D eigenvalue weighted by Gasteiger charge is 2.86. The number of carbonyl (C=O) groups excluding carboxylic acids is 1. The van der Waals surface area contributed by atoms with E-state index in [2.05, 4.69) is 29.0 Å². The second-order valence-corrected chi connectivity index (χ2v) is 12.0. The summed E-state index contributed by atoms with van der Waals surface area (Å²) >= 11 is 0. The number of hydrogen-bond donors (Lipinski definition) is 3. The summed E-state index contributed by atoms with van der Waals surface area (Å²) in [5.74, 6) is -3.89. The number of aliphatic hydroxyl groups is 3. The predicted octanol–water partition coefficient (Wildman–Crippen LogP) is 2.29. The third-order valence-electron chi connectivity index (χ3n) is 10.3. The third kappa shape index (κ3) is 2.25. The molecule has 1 aromatic heterocycles. The highest BCUT2D eigenvalue weighted by Crippen LogP contribution is 2.77. The summed E-state index contributed by atoms with van der Waals surface area (Å²) in [4.78, 5) is 13.9. The number of allylic oxidation sites excluding steroid dienone is 2. The minimum atomic E-state index is -2.19. The van der Waals surface area contributed by atoms with Gasteiger partial charge in [-0.25, -0.2) is 4.68 Å². The van der Waals surface area contributed by atoms with Crippen molar-refractivity contribution in [1.29, 1.82) is 0 Å². The predicted molar refractivity (Wildman–Crippen MR) is 129 cm³/mol. The number of hydrogen-bond acceptors (Lipinski definition) is 7. The lowest BCUT2D eigenvalue weighted by atomic mass is 9.36. The Morgan fingerprint density at radius 1 is 1.14 bits per heavy atom. The molecule has 8 rings (SSSR count). The van der Waals surface area contributed by atoms with Crippen LogP contribution in [0.3, 0.4) is 0 Å². The molecule has 8 nitrogen and oxygen atoms in total. The zero-order valence-electron chi connectivity index (χ0n) is 20.4. The topological polar surface area (TPSA) is 118 Å². The number of nitrogens with zero attached hydrogens (tertiary/aromatic N) is 3. The zero-order valence-corrected chi connectivity index (χ0v) is 20.4. The largest absolute Gasteiger partial charge is 0.391 e. The van der Waals surface area contributed by atoms with E-state index >= 15 is 0 Å². The maximum Gasteiger partial charge on any atom is 0.208 e. The number of rotatable bonds is 2. The van der Waals surface area contributed by atoms with Crippen LogP contribution in [0, 0.1) is 34.0 Å². The molecule has 9 atom stereocenters. The molecule has 0 unspecified atom stereocenters. The molecule has 36 heavy (non-hydrogen) atoms. The fourth-order valence-electron chi connectivity index (χ4n) is 8.96. The van der Waals surface area contributed by atoms with Gasteiger partial charge in [0.15, 0.2) is 5.78 Å². The summed E-state index contributed by atoms with van der Waals surface area (Å²) < 4.78 is 7.94. The fourth-order valence-corrected chi connectivity index (χ4v) is 8.96. The Balaban J connectivity index is 1.46. The van der Waals surface area contributed by atoms with Crippen LogP contribution < -0.4 is 0 Å². The quantitative estimate of drug-likeness (QED) is 0.438. The monoisotopic (exact) mass is 489 g/mol. The average molecular weight is 490 g/mol. The van der Waals surface area contributed by atoms with Crippen LogP contribution in [-0.2, 0) is 9.53 Å². The Hall–Kier alpha value is -2.65. The number of ether oxygens (including phenoxy) is 1. The standard InChI is InChI=1S/C28H31N3O5/c1-15-17-9-10-19-26-14-36-28(35,27(19,22(15)32)23(17)33)24(34)21(26)25(2,3)12-11-20(26)31-13-18(29-30-31)16-7-5-4-6-8-16/h4-8,11-13,17,19-21,23-24,33-35H,1,9-10,14H2,2-3H3/t17-,19-,20-,21+,23+,24-,26+,27-,28-/m0/s1. The molecule has 188 valence electrons. The van der Waals surface area contributed by atoms with Crippen molar-refractivity contribution in [2.75, 3.05) is 6.61 Å². The molecule has 4 bridgehead atoms. The van der Waals surface area contributed by atoms with Crippen LogP contribution in [0.5, 0.6) is 0 Å². The molecular weight excluding hydrogens is 458 g/mol. The number of aromatic nitrogens is 3. The van der Waals surface area contributed by atoms with Crippen molar-refractivity contribution in [3.05, 3.63) is 60.8 Å². The second kappa shape index (κ2) is 6.81. The van der Waals surface area contributed by atoms with Gasteiger partial charge in [0.1, 0.15) is 17.2 Å². The molecule has 5 fully saturated rings. The van der Waals surface area contributed by atoms with Gasteiger partial charge in [0.05, 0.1) is 24.9 Å². The van der Waals surface area contributed by atoms with Crippen molar-refractivity contribution in [1.82, 2.24) is 15.0 Å². The van der Waals surface area contributed by atoms with Crippen molar-refractivity contribution >= 4 is 5.78 Å². The number of Topliss-reactive ketones (excluding diaryl/α,β-unsaturated/α-hetero) is 1. The van der Waals surface area contributed by atoms with Gasteiger partial charge in [-0.2, -0.15) is 0 Å². The summed E-state index contributed by atoms with van der Waals surface area (Å²) in [6, 6.07) is 9.38. The van der Waals surface area contributed by atoms with Gasteiger partial charge in [-0.15, -0.1) is 5.10 Å². The summed E-state index contributed by atoms with van der Waals surface area (Å²) in [6.07, 6.45) is 4.69. The highest BCUT2D eigenvalue weighted by molar-refractivity contribution is 6.05. The number of ketones is 1. The van der Waals surface area contributed by atoms with Crippen LogP contribution in [0.15, 0.2) is 60.8 Å². The van der Waals surface area contributed by atoms with Crippen LogP contribution in [0.25, 0.3) is 11.3 Å². The molecule has 6 aliphatic rings. The summed E-state index contributed by atoms with van der Waals surface area (Å²) in [5.41, 5.74) is -0.997. The van der Waals surface area contributed by atoms with Gasteiger partial charge < -0.3 is 20.1 Å². The summed E-state index contributed by atoms with van der Waals surface area (Å²) in [6.45, 7) is 8.22. The maximum absolute atomic E-state index is 13.9. The molecule has 4 aliphatic carbocycles. The third-order valence-corrected chi connectivity index (χ3v) is 10.3. The van der Waals surface area contributed by atoms with Gasteiger partial charge in [-0.1, -0.05) is 68.1 Å². The van der Waals surface area contributed by atoms with Gasteiger partial charge in [0.25, 0.3) is 0 Å². The maximum atomic E-state index is 13.9. The number of carbonyl (C=O) groups is 1. The minimum Gasteiger partial charge on any atom is -0.391 e. The zero-order chi connectivity index (χ0) is 25.3. The van der Waals surface area contributed by atoms with Gasteiger partial charge >= 0.3 is 0 Å². The molecule has 3 N–H and O–H groups in total. The van der Waals surface area contributed by atoms with E-state index < -0.39 is 58.0 Å². The minimum absolute atomic E-state index is 0.133. The molecule has 2 spiro atoms. The van der Waals surface area contributed by atoms with E-state index in [0.717, 1.165) is 11.3 Å². The molecule has 2 aliphatic heterocycles. The Morgan fingerprint density at radius 2 is 1.89 bits per heavy atom. The molecular formula is C28H31N3O5. The molecule has 3 heterocycles. The molecule has 0 radical (unpaired) electrons.